The van der Waals surface area contributed by atoms with Gasteiger partial charge >= 0.3 is 0 Å². The minimum Gasteiger partial charge on any atom is -0.507 e. The lowest BCUT2D eigenvalue weighted by Crippen LogP contribution is -2.65. The van der Waals surface area contributed by atoms with Crippen LogP contribution in [0.3, 0.4) is 0 Å². The summed E-state index contributed by atoms with van der Waals surface area (Å²) in [5.74, 6) is -0.199. The van der Waals surface area contributed by atoms with E-state index in [1.165, 1.54) is 30.7 Å². The zero-order valence-corrected chi connectivity index (χ0v) is 18.1. The van der Waals surface area contributed by atoms with Crippen LogP contribution in [-0.2, 0) is 0 Å². The molecule has 2 fully saturated rings. The fourth-order valence-corrected chi connectivity index (χ4v) is 5.14. The Morgan fingerprint density at radius 2 is 1.91 bits per heavy atom. The first kappa shape index (κ1) is 20.7. The first-order chi connectivity index (χ1) is 15.2. The number of aromatic amines is 1. The Morgan fingerprint density at radius 3 is 2.59 bits per heavy atom. The Balaban J connectivity index is 1.41. The second-order valence-electron chi connectivity index (χ2n) is 9.35. The highest BCUT2D eigenvalue weighted by Crippen LogP contribution is 2.45. The summed E-state index contributed by atoms with van der Waals surface area (Å²) in [6.45, 7) is 4.08. The fraction of sp³-hybridized carbons (Fsp3) is 0.455. The number of piperidine rings is 1. The molecule has 5 rings (SSSR count). The molecule has 168 valence electrons. The van der Waals surface area contributed by atoms with Crippen LogP contribution >= 0.6 is 0 Å². The number of alkyl halides is 1. The number of benzene rings is 1. The third-order valence-corrected chi connectivity index (χ3v) is 6.94. The maximum atomic E-state index is 15.4. The molecular weight excluding hydrogens is 416 g/mol. The van der Waals surface area contributed by atoms with Crippen LogP contribution in [0.15, 0.2) is 30.7 Å². The molecule has 8 nitrogen and oxygen atoms in total. The molecule has 2 aromatic heterocycles. The number of aromatic nitrogens is 5. The summed E-state index contributed by atoms with van der Waals surface area (Å²) in [7, 11) is 1.82. The van der Waals surface area contributed by atoms with Gasteiger partial charge in [-0.2, -0.15) is 15.4 Å². The number of H-pyrrole nitrogens is 1. The number of phenols is 1. The molecule has 3 N–H and O–H groups in total. The number of fused-ring (bicyclic) bond motifs is 2. The van der Waals surface area contributed by atoms with Crippen molar-refractivity contribution in [2.24, 2.45) is 0 Å². The van der Waals surface area contributed by atoms with Crippen LogP contribution in [0.5, 0.6) is 5.75 Å². The second-order valence-corrected chi connectivity index (χ2v) is 9.35. The third kappa shape index (κ3) is 3.29. The minimum absolute atomic E-state index is 0.0987. The van der Waals surface area contributed by atoms with Gasteiger partial charge in [-0.25, -0.2) is 13.8 Å². The largest absolute Gasteiger partial charge is 0.507 e. The van der Waals surface area contributed by atoms with Crippen molar-refractivity contribution in [2.75, 3.05) is 11.9 Å². The molecule has 0 saturated carbocycles. The van der Waals surface area contributed by atoms with Crippen molar-refractivity contribution in [1.29, 1.82) is 0 Å². The Bertz CT molecular complexity index is 1140. The van der Waals surface area contributed by atoms with Crippen LogP contribution in [0.1, 0.15) is 33.1 Å². The van der Waals surface area contributed by atoms with Crippen LogP contribution in [0.2, 0.25) is 0 Å². The lowest BCUT2D eigenvalue weighted by atomic mass is 9.82. The van der Waals surface area contributed by atoms with Crippen molar-refractivity contribution in [1.82, 2.24) is 30.7 Å². The molecule has 0 spiro atoms. The van der Waals surface area contributed by atoms with Gasteiger partial charge < -0.3 is 15.3 Å². The van der Waals surface area contributed by atoms with Crippen molar-refractivity contribution in [3.8, 4) is 28.3 Å². The number of hydrogen-bond donors (Lipinski definition) is 3. The number of phenolic OH excluding ortho intramolecular Hbond substituents is 1. The van der Waals surface area contributed by atoms with Gasteiger partial charge in [-0.1, -0.05) is 0 Å². The van der Waals surface area contributed by atoms with E-state index in [0.29, 0.717) is 17.9 Å². The minimum atomic E-state index is -1.05. The molecule has 0 unspecified atom stereocenters. The molecule has 2 aliphatic heterocycles. The Hall–Kier alpha value is -3.14. The van der Waals surface area contributed by atoms with Crippen molar-refractivity contribution in [3.63, 3.8) is 0 Å². The first-order valence-electron chi connectivity index (χ1n) is 10.6. The van der Waals surface area contributed by atoms with Gasteiger partial charge in [0.25, 0.3) is 0 Å². The zero-order valence-electron chi connectivity index (χ0n) is 18.1. The average molecular weight is 441 g/mol. The van der Waals surface area contributed by atoms with Crippen LogP contribution in [0.25, 0.3) is 22.5 Å². The summed E-state index contributed by atoms with van der Waals surface area (Å²) in [6, 6.07) is 2.14. The third-order valence-electron chi connectivity index (χ3n) is 6.94. The quantitative estimate of drug-likeness (QED) is 0.571. The standard InChI is InChI=1S/C22H25F2N7O/c1-21-4-5-22(2,29-21)20(24)17(8-21)31(3)19-11-25-15(9-26-19)13-6-14(23)12(7-18(13)32)16-10-27-30-28-16/h6-7,9-11,17,20,29,32H,4-5,8H2,1-3H3,(H,27,28,30)/t17-,20-,21-,22+/m0/s1. The summed E-state index contributed by atoms with van der Waals surface area (Å²) in [5.41, 5.74) is 0.283. The van der Waals surface area contributed by atoms with E-state index in [0.717, 1.165) is 12.8 Å². The van der Waals surface area contributed by atoms with Crippen molar-refractivity contribution in [2.45, 2.75) is 56.4 Å². The molecule has 4 heterocycles. The van der Waals surface area contributed by atoms with Gasteiger partial charge in [0.05, 0.1) is 30.3 Å². The van der Waals surface area contributed by atoms with Gasteiger partial charge in [0, 0.05) is 29.3 Å². The molecule has 0 radical (unpaired) electrons. The predicted molar refractivity (Wildman–Crippen MR) is 115 cm³/mol. The molecule has 3 aromatic rings. The summed E-state index contributed by atoms with van der Waals surface area (Å²) < 4.78 is 30.0. The highest BCUT2D eigenvalue weighted by Gasteiger charge is 2.56. The van der Waals surface area contributed by atoms with Crippen molar-refractivity contribution >= 4 is 5.82 Å². The van der Waals surface area contributed by atoms with Gasteiger partial charge in [0.1, 0.15) is 29.3 Å². The monoisotopic (exact) mass is 441 g/mol. The van der Waals surface area contributed by atoms with Crippen LogP contribution in [0, 0.1) is 5.82 Å². The normalized spacial score (nSPS) is 29.3. The number of nitrogens with zero attached hydrogens (tertiary/aromatic N) is 5. The highest BCUT2D eigenvalue weighted by molar-refractivity contribution is 5.73. The number of halogens is 2. The van der Waals surface area contributed by atoms with E-state index in [2.05, 4.69) is 37.6 Å². The molecular formula is C22H25F2N7O. The predicted octanol–water partition coefficient (Wildman–Crippen LogP) is 3.22. The van der Waals surface area contributed by atoms with E-state index in [1.54, 1.807) is 0 Å². The van der Waals surface area contributed by atoms with Crippen LogP contribution in [0.4, 0.5) is 14.6 Å². The number of aromatic hydroxyl groups is 1. The highest BCUT2D eigenvalue weighted by atomic mass is 19.1. The van der Waals surface area contributed by atoms with E-state index in [1.807, 2.05) is 18.9 Å². The van der Waals surface area contributed by atoms with E-state index < -0.39 is 17.5 Å². The molecule has 2 aliphatic rings. The summed E-state index contributed by atoms with van der Waals surface area (Å²) in [6.07, 6.45) is 5.71. The van der Waals surface area contributed by atoms with Crippen molar-refractivity contribution < 1.29 is 13.9 Å². The van der Waals surface area contributed by atoms with Gasteiger partial charge in [-0.3, -0.25) is 4.98 Å². The Morgan fingerprint density at radius 1 is 1.09 bits per heavy atom. The lowest BCUT2D eigenvalue weighted by Gasteiger charge is -2.47. The van der Waals surface area contributed by atoms with E-state index >= 15 is 4.39 Å². The van der Waals surface area contributed by atoms with Gasteiger partial charge in [-0.15, -0.1) is 0 Å². The molecule has 2 saturated heterocycles. The second kappa shape index (κ2) is 7.19. The Kier molecular flexibility index (Phi) is 4.66. The van der Waals surface area contributed by atoms with Gasteiger partial charge in [0.15, 0.2) is 0 Å². The van der Waals surface area contributed by atoms with E-state index in [-0.39, 0.29) is 34.2 Å². The maximum absolute atomic E-state index is 15.4. The lowest BCUT2D eigenvalue weighted by molar-refractivity contribution is 0.0859. The topological polar surface area (TPSA) is 103 Å². The number of hydrogen-bond acceptors (Lipinski definition) is 7. The van der Waals surface area contributed by atoms with Gasteiger partial charge in [-0.05, 0) is 45.2 Å². The van der Waals surface area contributed by atoms with E-state index in [9.17, 15) is 9.50 Å². The maximum Gasteiger partial charge on any atom is 0.147 e. The zero-order chi connectivity index (χ0) is 22.7. The molecule has 2 bridgehead atoms. The van der Waals surface area contributed by atoms with Gasteiger partial charge in [0.2, 0.25) is 0 Å². The van der Waals surface area contributed by atoms with Crippen LogP contribution in [-0.4, -0.2) is 60.8 Å². The SMILES string of the molecule is CN(c1cnc(-c2cc(F)c(-c3cn[nH]n3)cc2O)cn1)[C@H]1C[C@]2(C)CC[C@@](C)(N2)[C@H]1F. The molecule has 1 aromatic carbocycles. The smallest absolute Gasteiger partial charge is 0.147 e. The summed E-state index contributed by atoms with van der Waals surface area (Å²) >= 11 is 0. The summed E-state index contributed by atoms with van der Waals surface area (Å²) in [4.78, 5) is 10.6. The molecule has 0 aliphatic carbocycles. The van der Waals surface area contributed by atoms with Crippen molar-refractivity contribution in [3.05, 3.63) is 36.5 Å². The van der Waals surface area contributed by atoms with E-state index in [4.69, 9.17) is 0 Å². The first-order valence-corrected chi connectivity index (χ1v) is 10.6. The molecule has 4 atom stereocenters. The Labute approximate surface area is 184 Å². The molecule has 10 heteroatoms. The molecule has 32 heavy (non-hydrogen) atoms. The number of rotatable bonds is 4. The fourth-order valence-electron chi connectivity index (χ4n) is 5.14. The number of nitrogens with one attached hydrogen (secondary N) is 2. The number of anilines is 1. The molecule has 0 amide bonds. The summed E-state index contributed by atoms with van der Waals surface area (Å²) in [5, 5.41) is 23.8. The van der Waals surface area contributed by atoms with Crippen LogP contribution < -0.4 is 10.2 Å². The average Bonchev–Trinajstić information content (AvgIpc) is 3.39.